The van der Waals surface area contributed by atoms with Gasteiger partial charge < -0.3 is 5.11 Å². The van der Waals surface area contributed by atoms with E-state index in [9.17, 15) is 17.6 Å². The van der Waals surface area contributed by atoms with Crippen molar-refractivity contribution in [2.75, 3.05) is 0 Å². The van der Waals surface area contributed by atoms with Gasteiger partial charge in [0.05, 0.1) is 10.8 Å². The zero-order valence-corrected chi connectivity index (χ0v) is 13.9. The molecule has 0 aliphatic heterocycles. The molecule has 4 nitrogen and oxygen atoms in total. The van der Waals surface area contributed by atoms with E-state index in [0.717, 1.165) is 25.0 Å². The highest BCUT2D eigenvalue weighted by Gasteiger charge is 2.35. The Morgan fingerprint density at radius 2 is 2.05 bits per heavy atom. The third-order valence-corrected chi connectivity index (χ3v) is 6.54. The Kier molecular flexibility index (Phi) is 4.72. The fraction of sp³-hybridized carbons (Fsp3) is 0.500. The average molecular weight is 379 g/mol. The summed E-state index contributed by atoms with van der Waals surface area (Å²) in [7, 11) is -3.87. The van der Waals surface area contributed by atoms with Crippen LogP contribution in [-0.4, -0.2) is 24.7 Å². The van der Waals surface area contributed by atoms with Gasteiger partial charge in [-0.1, -0.05) is 35.7 Å². The minimum Gasteiger partial charge on any atom is -0.478 e. The van der Waals surface area contributed by atoms with E-state index in [1.807, 2.05) is 6.92 Å². The first-order valence-electron chi connectivity index (χ1n) is 6.69. The molecule has 116 valence electrons. The summed E-state index contributed by atoms with van der Waals surface area (Å²) in [5, 5.41) is 8.33. The topological polar surface area (TPSA) is 71.4 Å². The molecule has 2 rings (SSSR count). The third-order valence-electron chi connectivity index (χ3n) is 3.87. The molecule has 1 aromatic carbocycles. The van der Waals surface area contributed by atoms with E-state index in [1.165, 1.54) is 0 Å². The van der Waals surface area contributed by atoms with Gasteiger partial charge in [0.15, 0.2) is 15.7 Å². The number of hydrogen-bond acceptors (Lipinski definition) is 3. The summed E-state index contributed by atoms with van der Waals surface area (Å²) in [4.78, 5) is 10.5. The minimum atomic E-state index is -3.87. The Morgan fingerprint density at radius 1 is 1.38 bits per heavy atom. The van der Waals surface area contributed by atoms with Crippen LogP contribution in [0.15, 0.2) is 21.5 Å². The summed E-state index contributed by atoms with van der Waals surface area (Å²) in [6, 6.07) is 2.22. The van der Waals surface area contributed by atoms with Crippen LogP contribution in [0.5, 0.6) is 0 Å². The molecule has 0 spiro atoms. The Morgan fingerprint density at radius 3 is 2.62 bits per heavy atom. The number of hydrogen-bond donors (Lipinski definition) is 1. The molecule has 21 heavy (non-hydrogen) atoms. The van der Waals surface area contributed by atoms with E-state index in [2.05, 4.69) is 15.9 Å². The molecule has 1 aliphatic carbocycles. The smallest absolute Gasteiger partial charge is 0.338 e. The fourth-order valence-electron chi connectivity index (χ4n) is 2.77. The lowest BCUT2D eigenvalue weighted by Crippen LogP contribution is -2.28. The number of sulfone groups is 1. The molecule has 0 aromatic heterocycles. The number of halogens is 2. The first-order chi connectivity index (χ1) is 9.73. The molecule has 1 fully saturated rings. The Hall–Kier alpha value is -0.950. The molecule has 2 unspecified atom stereocenters. The van der Waals surface area contributed by atoms with Crippen molar-refractivity contribution >= 4 is 31.7 Å². The Labute approximate surface area is 131 Å². The van der Waals surface area contributed by atoms with Crippen LogP contribution < -0.4 is 0 Å². The van der Waals surface area contributed by atoms with Crippen LogP contribution in [0.4, 0.5) is 4.39 Å². The molecule has 0 heterocycles. The van der Waals surface area contributed by atoms with Gasteiger partial charge in [-0.05, 0) is 30.9 Å². The maximum Gasteiger partial charge on any atom is 0.338 e. The summed E-state index contributed by atoms with van der Waals surface area (Å²) >= 11 is 3.05. The molecule has 1 aliphatic rings. The van der Waals surface area contributed by atoms with Crippen LogP contribution in [-0.2, 0) is 9.84 Å². The van der Waals surface area contributed by atoms with Gasteiger partial charge in [-0.3, -0.25) is 0 Å². The second kappa shape index (κ2) is 6.04. The van der Waals surface area contributed by atoms with Gasteiger partial charge in [-0.25, -0.2) is 17.6 Å². The second-order valence-electron chi connectivity index (χ2n) is 5.51. The minimum absolute atomic E-state index is 0.240. The second-order valence-corrected chi connectivity index (χ2v) is 8.62. The van der Waals surface area contributed by atoms with Crippen LogP contribution in [0.2, 0.25) is 0 Å². The number of carboxylic acid groups (broad SMARTS) is 1. The van der Waals surface area contributed by atoms with Crippen molar-refractivity contribution in [3.8, 4) is 0 Å². The average Bonchev–Trinajstić information content (AvgIpc) is 2.40. The van der Waals surface area contributed by atoms with Gasteiger partial charge in [0.25, 0.3) is 0 Å². The maximum atomic E-state index is 14.3. The van der Waals surface area contributed by atoms with Crippen molar-refractivity contribution in [1.29, 1.82) is 0 Å². The number of rotatable bonds is 3. The summed E-state index contributed by atoms with van der Waals surface area (Å²) < 4.78 is 39.8. The standard InChI is InChI=1S/C14H16BrFO4S/c1-8-3-2-4-10(5-8)21(19,20)12-7-9(15)6-11(13(12)16)14(17)18/h6-8,10H,2-5H2,1H3,(H,17,18). The maximum absolute atomic E-state index is 14.3. The van der Waals surface area contributed by atoms with Crippen LogP contribution in [0.1, 0.15) is 43.0 Å². The number of benzene rings is 1. The van der Waals surface area contributed by atoms with Gasteiger partial charge in [-0.2, -0.15) is 0 Å². The fourth-order valence-corrected chi connectivity index (χ4v) is 5.45. The van der Waals surface area contributed by atoms with Crippen LogP contribution in [0, 0.1) is 11.7 Å². The summed E-state index contributed by atoms with van der Waals surface area (Å²) in [5.41, 5.74) is -0.633. The van der Waals surface area contributed by atoms with Crippen LogP contribution in [0.3, 0.4) is 0 Å². The predicted octanol–water partition coefficient (Wildman–Crippen LogP) is 3.64. The number of carbonyl (C=O) groups is 1. The van der Waals surface area contributed by atoms with Crippen molar-refractivity contribution < 1.29 is 22.7 Å². The zero-order valence-electron chi connectivity index (χ0n) is 11.5. The predicted molar refractivity (Wildman–Crippen MR) is 79.7 cm³/mol. The monoisotopic (exact) mass is 378 g/mol. The van der Waals surface area contributed by atoms with Gasteiger partial charge in [0, 0.05) is 4.47 Å². The molecule has 1 aromatic rings. The molecule has 0 amide bonds. The van der Waals surface area contributed by atoms with Gasteiger partial charge >= 0.3 is 5.97 Å². The molecule has 7 heteroatoms. The van der Waals surface area contributed by atoms with Crippen molar-refractivity contribution in [1.82, 2.24) is 0 Å². The SMILES string of the molecule is CC1CCCC(S(=O)(=O)c2cc(Br)cc(C(=O)O)c2F)C1. The molecule has 0 bridgehead atoms. The first-order valence-corrected chi connectivity index (χ1v) is 9.03. The summed E-state index contributed by atoms with van der Waals surface area (Å²) in [5.74, 6) is -2.39. The number of carboxylic acids is 1. The van der Waals surface area contributed by atoms with E-state index >= 15 is 0 Å². The van der Waals surface area contributed by atoms with Gasteiger partial charge in [0.2, 0.25) is 0 Å². The molecular formula is C14H16BrFO4S. The van der Waals surface area contributed by atoms with Crippen LogP contribution in [0.25, 0.3) is 0 Å². The van der Waals surface area contributed by atoms with Crippen LogP contribution >= 0.6 is 15.9 Å². The lowest BCUT2D eigenvalue weighted by atomic mass is 9.91. The van der Waals surface area contributed by atoms with Crippen molar-refractivity contribution in [2.24, 2.45) is 5.92 Å². The van der Waals surface area contributed by atoms with E-state index in [-0.39, 0.29) is 10.4 Å². The van der Waals surface area contributed by atoms with Crippen molar-refractivity contribution in [3.63, 3.8) is 0 Å². The largest absolute Gasteiger partial charge is 0.478 e. The zero-order chi connectivity index (χ0) is 15.8. The van der Waals surface area contributed by atoms with Crippen molar-refractivity contribution in [2.45, 2.75) is 42.8 Å². The molecule has 2 atom stereocenters. The summed E-state index contributed by atoms with van der Waals surface area (Å²) in [6.07, 6.45) is 2.72. The lowest BCUT2D eigenvalue weighted by Gasteiger charge is -2.26. The normalized spacial score (nSPS) is 23.0. The summed E-state index contributed by atoms with van der Waals surface area (Å²) in [6.45, 7) is 1.97. The van der Waals surface area contributed by atoms with Crippen molar-refractivity contribution in [3.05, 3.63) is 28.0 Å². The Balaban J connectivity index is 2.52. The van der Waals surface area contributed by atoms with E-state index in [0.29, 0.717) is 12.8 Å². The number of aromatic carboxylic acids is 1. The highest BCUT2D eigenvalue weighted by molar-refractivity contribution is 9.10. The Bertz CT molecular complexity index is 672. The van der Waals surface area contributed by atoms with E-state index < -0.39 is 37.3 Å². The van der Waals surface area contributed by atoms with E-state index in [4.69, 9.17) is 5.11 Å². The molecule has 1 N–H and O–H groups in total. The highest BCUT2D eigenvalue weighted by Crippen LogP contribution is 2.34. The molecule has 0 radical (unpaired) electrons. The molecular weight excluding hydrogens is 363 g/mol. The van der Waals surface area contributed by atoms with Gasteiger partial charge in [0.1, 0.15) is 4.90 Å². The third kappa shape index (κ3) is 3.29. The molecule has 0 saturated heterocycles. The first kappa shape index (κ1) is 16.4. The van der Waals surface area contributed by atoms with Gasteiger partial charge in [-0.15, -0.1) is 0 Å². The molecule has 1 saturated carbocycles. The highest BCUT2D eigenvalue weighted by atomic mass is 79.9. The van der Waals surface area contributed by atoms with E-state index in [1.54, 1.807) is 0 Å². The lowest BCUT2D eigenvalue weighted by molar-refractivity contribution is 0.0691. The quantitative estimate of drug-likeness (QED) is 0.871.